The van der Waals surface area contributed by atoms with Crippen molar-refractivity contribution in [3.8, 4) is 22.6 Å². The molecule has 0 saturated carbocycles. The maximum atomic E-state index is 11.7. The minimum atomic E-state index is -0.997. The van der Waals surface area contributed by atoms with Gasteiger partial charge in [-0.1, -0.05) is 42.5 Å². The van der Waals surface area contributed by atoms with Crippen LogP contribution in [-0.2, 0) is 6.61 Å². The number of aromatic carboxylic acids is 1. The molecule has 0 amide bonds. The summed E-state index contributed by atoms with van der Waals surface area (Å²) in [5.41, 5.74) is 2.62. The minimum Gasteiger partial charge on any atom is -0.497 e. The summed E-state index contributed by atoms with van der Waals surface area (Å²) in [6.07, 6.45) is 0. The summed E-state index contributed by atoms with van der Waals surface area (Å²) in [6.45, 7) is 0.387. The van der Waals surface area contributed by atoms with Crippen molar-refractivity contribution in [2.75, 3.05) is 7.11 Å². The van der Waals surface area contributed by atoms with Gasteiger partial charge in [0, 0.05) is 0 Å². The first-order chi connectivity index (χ1) is 12.2. The second-order valence-corrected chi connectivity index (χ2v) is 5.52. The number of benzene rings is 3. The van der Waals surface area contributed by atoms with Crippen molar-refractivity contribution in [3.05, 3.63) is 83.9 Å². The van der Waals surface area contributed by atoms with Gasteiger partial charge in [-0.25, -0.2) is 4.79 Å². The van der Waals surface area contributed by atoms with Crippen molar-refractivity contribution in [1.29, 1.82) is 0 Å². The summed E-state index contributed by atoms with van der Waals surface area (Å²) in [5.74, 6) is 0.203. The van der Waals surface area contributed by atoms with Gasteiger partial charge in [-0.05, 0) is 47.0 Å². The van der Waals surface area contributed by atoms with Gasteiger partial charge in [-0.3, -0.25) is 0 Å². The van der Waals surface area contributed by atoms with Gasteiger partial charge in [0.1, 0.15) is 18.1 Å². The van der Waals surface area contributed by atoms with Crippen LogP contribution in [0.25, 0.3) is 11.1 Å². The summed E-state index contributed by atoms with van der Waals surface area (Å²) >= 11 is 0. The van der Waals surface area contributed by atoms with E-state index in [0.29, 0.717) is 23.7 Å². The van der Waals surface area contributed by atoms with E-state index in [1.165, 1.54) is 0 Å². The molecule has 0 aliphatic carbocycles. The van der Waals surface area contributed by atoms with E-state index in [4.69, 9.17) is 9.47 Å². The molecular weight excluding hydrogens is 316 g/mol. The van der Waals surface area contributed by atoms with Crippen molar-refractivity contribution in [3.63, 3.8) is 0 Å². The fraction of sp³-hybridized carbons (Fsp3) is 0.0952. The third-order valence-corrected chi connectivity index (χ3v) is 3.85. The highest BCUT2D eigenvalue weighted by Gasteiger charge is 2.14. The lowest BCUT2D eigenvalue weighted by Gasteiger charge is -2.11. The topological polar surface area (TPSA) is 55.8 Å². The van der Waals surface area contributed by atoms with Crippen molar-refractivity contribution >= 4 is 5.97 Å². The first-order valence-electron chi connectivity index (χ1n) is 7.86. The molecule has 0 heterocycles. The van der Waals surface area contributed by atoms with Gasteiger partial charge in [-0.2, -0.15) is 0 Å². The summed E-state index contributed by atoms with van der Waals surface area (Å²) in [5, 5.41) is 9.58. The zero-order valence-corrected chi connectivity index (χ0v) is 13.8. The van der Waals surface area contributed by atoms with E-state index >= 15 is 0 Å². The molecule has 3 aromatic rings. The molecule has 3 aromatic carbocycles. The lowest BCUT2D eigenvalue weighted by molar-refractivity contribution is 0.0697. The Kier molecular flexibility index (Phi) is 5.00. The fourth-order valence-corrected chi connectivity index (χ4v) is 2.57. The summed E-state index contributed by atoms with van der Waals surface area (Å²) < 4.78 is 10.9. The Hall–Kier alpha value is -3.27. The molecule has 4 nitrogen and oxygen atoms in total. The quantitative estimate of drug-likeness (QED) is 0.713. The Morgan fingerprint density at radius 2 is 1.72 bits per heavy atom. The molecule has 4 heteroatoms. The Morgan fingerprint density at radius 1 is 0.920 bits per heavy atom. The van der Waals surface area contributed by atoms with Crippen molar-refractivity contribution in [1.82, 2.24) is 0 Å². The largest absolute Gasteiger partial charge is 0.497 e. The smallest absolute Gasteiger partial charge is 0.336 e. The summed E-state index contributed by atoms with van der Waals surface area (Å²) in [4.78, 5) is 11.7. The number of hydrogen-bond donors (Lipinski definition) is 1. The molecule has 0 aliphatic heterocycles. The Morgan fingerprint density at radius 3 is 2.44 bits per heavy atom. The molecule has 3 rings (SSSR count). The highest BCUT2D eigenvalue weighted by atomic mass is 16.5. The maximum absolute atomic E-state index is 11.7. The first-order valence-corrected chi connectivity index (χ1v) is 7.86. The molecule has 0 radical (unpaired) electrons. The average molecular weight is 334 g/mol. The number of hydrogen-bond acceptors (Lipinski definition) is 3. The molecule has 0 bridgehead atoms. The molecule has 25 heavy (non-hydrogen) atoms. The van der Waals surface area contributed by atoms with Crippen LogP contribution in [0.4, 0.5) is 0 Å². The zero-order valence-electron chi connectivity index (χ0n) is 13.8. The molecule has 1 N–H and O–H groups in total. The third-order valence-electron chi connectivity index (χ3n) is 3.85. The van der Waals surface area contributed by atoms with E-state index in [0.717, 1.165) is 11.1 Å². The first kappa shape index (κ1) is 16.6. The number of carbonyl (C=O) groups is 1. The number of carboxylic acids is 1. The van der Waals surface area contributed by atoms with E-state index < -0.39 is 5.97 Å². The summed E-state index contributed by atoms with van der Waals surface area (Å²) in [6, 6.07) is 22.2. The minimum absolute atomic E-state index is 0.193. The van der Waals surface area contributed by atoms with Crippen molar-refractivity contribution in [2.45, 2.75) is 6.61 Å². The second kappa shape index (κ2) is 7.53. The fourth-order valence-electron chi connectivity index (χ4n) is 2.57. The molecule has 0 saturated heterocycles. The SMILES string of the molecule is COc1cccc(-c2ccc(OCc3ccccc3)cc2C(=O)O)c1. The highest BCUT2D eigenvalue weighted by molar-refractivity contribution is 5.96. The predicted molar refractivity (Wildman–Crippen MR) is 96.2 cm³/mol. The van der Waals surface area contributed by atoms with Crippen LogP contribution >= 0.6 is 0 Å². The number of ether oxygens (including phenoxy) is 2. The van der Waals surface area contributed by atoms with Gasteiger partial charge >= 0.3 is 5.97 Å². The molecule has 0 atom stereocenters. The molecule has 0 aromatic heterocycles. The molecule has 0 fully saturated rings. The predicted octanol–water partition coefficient (Wildman–Crippen LogP) is 4.64. The lowest BCUT2D eigenvalue weighted by Crippen LogP contribution is -2.02. The average Bonchev–Trinajstić information content (AvgIpc) is 2.67. The van der Waals surface area contributed by atoms with Crippen LogP contribution < -0.4 is 9.47 Å². The zero-order chi connectivity index (χ0) is 17.6. The normalized spacial score (nSPS) is 10.3. The van der Waals surface area contributed by atoms with Crippen LogP contribution in [0.5, 0.6) is 11.5 Å². The van der Waals surface area contributed by atoms with Crippen LogP contribution in [-0.4, -0.2) is 18.2 Å². The van der Waals surface area contributed by atoms with Crippen LogP contribution in [0.3, 0.4) is 0 Å². The Labute approximate surface area is 146 Å². The van der Waals surface area contributed by atoms with Gasteiger partial charge in [0.15, 0.2) is 0 Å². The molecule has 0 unspecified atom stereocenters. The Balaban J connectivity index is 1.89. The highest BCUT2D eigenvalue weighted by Crippen LogP contribution is 2.30. The number of methoxy groups -OCH3 is 1. The standard InChI is InChI=1S/C21H18O4/c1-24-17-9-5-8-16(12-17)19-11-10-18(13-20(19)21(22)23)25-14-15-6-3-2-4-7-15/h2-13H,14H2,1H3,(H,22,23). The lowest BCUT2D eigenvalue weighted by atomic mass is 9.99. The number of rotatable bonds is 6. The van der Waals surface area contributed by atoms with Crippen molar-refractivity contribution in [2.24, 2.45) is 0 Å². The van der Waals surface area contributed by atoms with Gasteiger partial charge in [0.2, 0.25) is 0 Å². The van der Waals surface area contributed by atoms with Crippen LogP contribution in [0, 0.1) is 0 Å². The van der Waals surface area contributed by atoms with E-state index in [1.807, 2.05) is 54.6 Å². The second-order valence-electron chi connectivity index (χ2n) is 5.52. The molecular formula is C21H18O4. The van der Waals surface area contributed by atoms with Gasteiger partial charge in [-0.15, -0.1) is 0 Å². The monoisotopic (exact) mass is 334 g/mol. The van der Waals surface area contributed by atoms with E-state index in [2.05, 4.69) is 0 Å². The third kappa shape index (κ3) is 3.98. The van der Waals surface area contributed by atoms with Gasteiger partial charge < -0.3 is 14.6 Å². The van der Waals surface area contributed by atoms with Crippen molar-refractivity contribution < 1.29 is 19.4 Å². The molecule has 0 aliphatic rings. The van der Waals surface area contributed by atoms with Crippen LogP contribution in [0.1, 0.15) is 15.9 Å². The number of carboxylic acid groups (broad SMARTS) is 1. The molecule has 126 valence electrons. The maximum Gasteiger partial charge on any atom is 0.336 e. The summed E-state index contributed by atoms with van der Waals surface area (Å²) in [7, 11) is 1.58. The van der Waals surface area contributed by atoms with Crippen LogP contribution in [0.15, 0.2) is 72.8 Å². The van der Waals surface area contributed by atoms with Gasteiger partial charge in [0.25, 0.3) is 0 Å². The van der Waals surface area contributed by atoms with Crippen LogP contribution in [0.2, 0.25) is 0 Å². The molecule has 0 spiro atoms. The Bertz CT molecular complexity index is 872. The van der Waals surface area contributed by atoms with Gasteiger partial charge in [0.05, 0.1) is 12.7 Å². The van der Waals surface area contributed by atoms with E-state index in [1.54, 1.807) is 25.3 Å². The van der Waals surface area contributed by atoms with E-state index in [9.17, 15) is 9.90 Å². The van der Waals surface area contributed by atoms with E-state index in [-0.39, 0.29) is 5.56 Å².